The zero-order chi connectivity index (χ0) is 28.8. The Labute approximate surface area is 243 Å². The summed E-state index contributed by atoms with van der Waals surface area (Å²) in [6.07, 6.45) is 3.47. The van der Waals surface area contributed by atoms with Crippen molar-refractivity contribution in [1.82, 2.24) is 29.2 Å². The summed E-state index contributed by atoms with van der Waals surface area (Å²) in [5.74, 6) is 0.946. The minimum absolute atomic E-state index is 0.0109. The number of amides is 1. The first-order valence-electron chi connectivity index (χ1n) is 14.4. The van der Waals surface area contributed by atoms with Gasteiger partial charge in [0.1, 0.15) is 17.3 Å². The number of nitrogens with zero attached hydrogens (tertiary/aromatic N) is 6. The number of piperidine rings is 1. The summed E-state index contributed by atoms with van der Waals surface area (Å²) in [6.45, 7) is 3.44. The fourth-order valence-electron chi connectivity index (χ4n) is 6.38. The summed E-state index contributed by atoms with van der Waals surface area (Å²) in [5.41, 5.74) is 5.80. The molecule has 1 aliphatic heterocycles. The van der Waals surface area contributed by atoms with E-state index in [1.807, 2.05) is 60.6 Å². The van der Waals surface area contributed by atoms with Crippen LogP contribution >= 0.6 is 0 Å². The van der Waals surface area contributed by atoms with E-state index in [0.29, 0.717) is 29.9 Å². The Hall–Kier alpha value is -4.85. The zero-order valence-electron chi connectivity index (χ0n) is 23.6. The number of hydrogen-bond donors (Lipinski definition) is 0. The Bertz CT molecular complexity index is 1920. The van der Waals surface area contributed by atoms with Crippen LogP contribution in [-0.4, -0.2) is 48.2 Å². The molecule has 1 aliphatic rings. The zero-order valence-corrected chi connectivity index (χ0v) is 23.6. The number of carbonyl (C=O) groups excluding carboxylic acids is 1. The molecule has 7 rings (SSSR count). The molecule has 0 radical (unpaired) electrons. The summed E-state index contributed by atoms with van der Waals surface area (Å²) >= 11 is 0. The van der Waals surface area contributed by atoms with Crippen molar-refractivity contribution in [3.63, 3.8) is 0 Å². The van der Waals surface area contributed by atoms with Crippen molar-refractivity contribution < 1.29 is 9.18 Å². The van der Waals surface area contributed by atoms with Crippen LogP contribution in [-0.2, 0) is 7.05 Å². The molecule has 0 bridgehead atoms. The minimum Gasteiger partial charge on any atom is -0.339 e. The molecule has 4 heterocycles. The highest BCUT2D eigenvalue weighted by Crippen LogP contribution is 2.35. The molecule has 0 aliphatic carbocycles. The summed E-state index contributed by atoms with van der Waals surface area (Å²) in [4.78, 5) is 25.6. The fraction of sp³-hybridized carbons (Fsp3) is 0.235. The number of carbonyl (C=O) groups is 1. The molecule has 0 spiro atoms. The van der Waals surface area contributed by atoms with Crippen molar-refractivity contribution in [2.24, 2.45) is 7.05 Å². The van der Waals surface area contributed by atoms with Crippen LogP contribution in [0.25, 0.3) is 33.2 Å². The third-order valence-corrected chi connectivity index (χ3v) is 8.47. The second kappa shape index (κ2) is 10.5. The quantitative estimate of drug-likeness (QED) is 0.235. The van der Waals surface area contributed by atoms with Gasteiger partial charge >= 0.3 is 0 Å². The molecular formula is C34H31FN6O. The number of halogens is 1. The normalized spacial score (nSPS) is 15.0. The molecule has 42 heavy (non-hydrogen) atoms. The number of para-hydroxylation sites is 3. The van der Waals surface area contributed by atoms with E-state index in [0.717, 1.165) is 46.3 Å². The fourth-order valence-corrected chi connectivity index (χ4v) is 6.38. The van der Waals surface area contributed by atoms with E-state index in [4.69, 9.17) is 4.98 Å². The molecule has 1 fully saturated rings. The van der Waals surface area contributed by atoms with Gasteiger partial charge in [-0.3, -0.25) is 14.5 Å². The molecule has 0 saturated carbocycles. The maximum atomic E-state index is 14.0. The van der Waals surface area contributed by atoms with Gasteiger partial charge in [0.25, 0.3) is 5.91 Å². The molecule has 1 saturated heterocycles. The first-order valence-corrected chi connectivity index (χ1v) is 14.4. The second-order valence-electron chi connectivity index (χ2n) is 11.0. The molecule has 0 N–H and O–H groups in total. The highest BCUT2D eigenvalue weighted by molar-refractivity contribution is 6.08. The molecule has 210 valence electrons. The first-order chi connectivity index (χ1) is 20.5. The number of pyridine rings is 1. The van der Waals surface area contributed by atoms with Gasteiger partial charge in [-0.2, -0.15) is 5.10 Å². The summed E-state index contributed by atoms with van der Waals surface area (Å²) in [6, 6.07) is 26.4. The third kappa shape index (κ3) is 4.43. The third-order valence-electron chi connectivity index (χ3n) is 8.47. The molecule has 1 atom stereocenters. The van der Waals surface area contributed by atoms with E-state index in [9.17, 15) is 9.18 Å². The van der Waals surface area contributed by atoms with Gasteiger partial charge in [0, 0.05) is 43.2 Å². The lowest BCUT2D eigenvalue weighted by atomic mass is 9.94. The predicted molar refractivity (Wildman–Crippen MR) is 162 cm³/mol. The largest absolute Gasteiger partial charge is 0.339 e. The maximum absolute atomic E-state index is 14.0. The van der Waals surface area contributed by atoms with Crippen LogP contribution in [0.15, 0.2) is 91.1 Å². The molecule has 1 amide bonds. The van der Waals surface area contributed by atoms with Gasteiger partial charge in [-0.25, -0.2) is 9.37 Å². The Morgan fingerprint density at radius 3 is 2.52 bits per heavy atom. The standard InChI is InChI=1S/C34H31FN6O/c1-22(28-13-5-6-18-36-28)41-30-15-4-3-14-29(30)37-33(41)23-16-19-40(20-17-23)34(42)27-12-8-11-26-31(38-39(2)32(26)27)24-9-7-10-25(35)21-24/h3-15,18,21-23H,16-17,19-20H2,1-2H3. The van der Waals surface area contributed by atoms with E-state index in [1.165, 1.54) is 12.1 Å². The molecule has 8 heteroatoms. The van der Waals surface area contributed by atoms with Gasteiger partial charge in [-0.1, -0.05) is 42.5 Å². The Morgan fingerprint density at radius 2 is 1.74 bits per heavy atom. The van der Waals surface area contributed by atoms with Gasteiger partial charge < -0.3 is 9.47 Å². The average Bonchev–Trinajstić information content (AvgIpc) is 3.59. The molecule has 7 nitrogen and oxygen atoms in total. The van der Waals surface area contributed by atoms with E-state index in [1.54, 1.807) is 10.7 Å². The van der Waals surface area contributed by atoms with Crippen molar-refractivity contribution in [2.45, 2.75) is 31.7 Å². The van der Waals surface area contributed by atoms with Crippen LogP contribution in [0.1, 0.15) is 53.6 Å². The van der Waals surface area contributed by atoms with Crippen LogP contribution in [0.3, 0.4) is 0 Å². The van der Waals surface area contributed by atoms with Gasteiger partial charge in [0.05, 0.1) is 33.8 Å². The molecule has 3 aromatic heterocycles. The molecule has 3 aromatic carbocycles. The second-order valence-corrected chi connectivity index (χ2v) is 11.0. The molecule has 6 aromatic rings. The van der Waals surface area contributed by atoms with Gasteiger partial charge in [0.15, 0.2) is 0 Å². The first kappa shape index (κ1) is 26.1. The van der Waals surface area contributed by atoms with Gasteiger partial charge in [0.2, 0.25) is 0 Å². The van der Waals surface area contributed by atoms with Crippen molar-refractivity contribution in [3.05, 3.63) is 114 Å². The van der Waals surface area contributed by atoms with Gasteiger partial charge in [-0.15, -0.1) is 0 Å². The van der Waals surface area contributed by atoms with Crippen molar-refractivity contribution in [1.29, 1.82) is 0 Å². The van der Waals surface area contributed by atoms with Crippen molar-refractivity contribution in [2.75, 3.05) is 13.1 Å². The number of aryl methyl sites for hydroxylation is 1. The monoisotopic (exact) mass is 558 g/mol. The van der Waals surface area contributed by atoms with E-state index < -0.39 is 0 Å². The number of imidazole rings is 1. The topological polar surface area (TPSA) is 68.8 Å². The van der Waals surface area contributed by atoms with Crippen molar-refractivity contribution >= 4 is 27.8 Å². The van der Waals surface area contributed by atoms with Crippen LogP contribution < -0.4 is 0 Å². The number of likely N-dealkylation sites (tertiary alicyclic amines) is 1. The lowest BCUT2D eigenvalue weighted by Crippen LogP contribution is -2.38. The van der Waals surface area contributed by atoms with Crippen LogP contribution in [0.4, 0.5) is 4.39 Å². The lowest BCUT2D eigenvalue weighted by molar-refractivity contribution is 0.0711. The van der Waals surface area contributed by atoms with Crippen LogP contribution in [0, 0.1) is 5.82 Å². The number of aromatic nitrogens is 5. The predicted octanol–water partition coefficient (Wildman–Crippen LogP) is 6.75. The number of rotatable bonds is 5. The Kier molecular flexibility index (Phi) is 6.53. The van der Waals surface area contributed by atoms with Crippen molar-refractivity contribution in [3.8, 4) is 11.3 Å². The number of hydrogen-bond acceptors (Lipinski definition) is 4. The van der Waals surface area contributed by atoms with Gasteiger partial charge in [-0.05, 0) is 62.2 Å². The molecule has 1 unspecified atom stereocenters. The maximum Gasteiger partial charge on any atom is 0.256 e. The van der Waals surface area contributed by atoms with E-state index in [2.05, 4.69) is 45.8 Å². The average molecular weight is 559 g/mol. The SMILES string of the molecule is CC(c1ccccn1)n1c(C2CCN(C(=O)c3cccc4c(-c5cccc(F)c5)nn(C)c34)CC2)nc2ccccc21. The van der Waals surface area contributed by atoms with E-state index >= 15 is 0 Å². The summed E-state index contributed by atoms with van der Waals surface area (Å²) in [5, 5.41) is 5.51. The lowest BCUT2D eigenvalue weighted by Gasteiger charge is -2.33. The highest BCUT2D eigenvalue weighted by atomic mass is 19.1. The van der Waals surface area contributed by atoms with Crippen LogP contribution in [0.5, 0.6) is 0 Å². The smallest absolute Gasteiger partial charge is 0.256 e. The van der Waals surface area contributed by atoms with Crippen LogP contribution in [0.2, 0.25) is 0 Å². The van der Waals surface area contributed by atoms with E-state index in [-0.39, 0.29) is 23.7 Å². The Morgan fingerprint density at radius 1 is 0.952 bits per heavy atom. The Balaban J connectivity index is 1.17. The molecular weight excluding hydrogens is 527 g/mol. The number of benzene rings is 3. The highest BCUT2D eigenvalue weighted by Gasteiger charge is 2.31. The minimum atomic E-state index is -0.315. The summed E-state index contributed by atoms with van der Waals surface area (Å²) in [7, 11) is 1.83. The number of fused-ring (bicyclic) bond motifs is 2. The summed E-state index contributed by atoms with van der Waals surface area (Å²) < 4.78 is 18.0.